The summed E-state index contributed by atoms with van der Waals surface area (Å²) in [6.45, 7) is 0.644. The number of carboxylic acid groups (broad SMARTS) is 1. The van der Waals surface area contributed by atoms with E-state index in [0.717, 1.165) is 0 Å². The highest BCUT2D eigenvalue weighted by atomic mass is 19.4. The van der Waals surface area contributed by atoms with Crippen LogP contribution in [0.4, 0.5) is 23.8 Å². The van der Waals surface area contributed by atoms with Crippen LogP contribution in [0, 0.1) is 0 Å². The summed E-state index contributed by atoms with van der Waals surface area (Å²) in [7, 11) is 0. The van der Waals surface area contributed by atoms with Crippen molar-refractivity contribution in [3.63, 3.8) is 0 Å². The third-order valence-electron chi connectivity index (χ3n) is 3.69. The molecule has 6 nitrogen and oxygen atoms in total. The summed E-state index contributed by atoms with van der Waals surface area (Å²) in [5.41, 5.74) is -1.03. The number of carbonyl (C=O) groups is 1. The van der Waals surface area contributed by atoms with Crippen molar-refractivity contribution in [1.29, 1.82) is 0 Å². The van der Waals surface area contributed by atoms with Gasteiger partial charge in [-0.1, -0.05) is 0 Å². The van der Waals surface area contributed by atoms with Gasteiger partial charge in [-0.3, -0.25) is 4.98 Å². The number of aromatic nitrogens is 2. The van der Waals surface area contributed by atoms with Gasteiger partial charge in [-0.2, -0.15) is 13.2 Å². The largest absolute Gasteiger partial charge is 0.465 e. The van der Waals surface area contributed by atoms with Gasteiger partial charge in [-0.25, -0.2) is 9.78 Å². The fourth-order valence-electron chi connectivity index (χ4n) is 2.81. The molecular formula is C11H11F3N4O2. The Balaban J connectivity index is 1.82. The van der Waals surface area contributed by atoms with Crippen LogP contribution in [0.5, 0.6) is 0 Å². The minimum Gasteiger partial charge on any atom is -0.465 e. The Morgan fingerprint density at radius 2 is 2.05 bits per heavy atom. The van der Waals surface area contributed by atoms with Gasteiger partial charge in [0.15, 0.2) is 5.69 Å². The van der Waals surface area contributed by atoms with Crippen LogP contribution in [0.15, 0.2) is 12.4 Å². The van der Waals surface area contributed by atoms with Gasteiger partial charge in [0.1, 0.15) is 5.82 Å². The summed E-state index contributed by atoms with van der Waals surface area (Å²) in [6.07, 6.45) is -2.95. The number of amides is 1. The maximum Gasteiger partial charge on any atom is 0.434 e. The van der Waals surface area contributed by atoms with Crippen LogP contribution in [0.3, 0.4) is 0 Å². The highest BCUT2D eigenvalue weighted by Gasteiger charge is 2.46. The predicted octanol–water partition coefficient (Wildman–Crippen LogP) is 1.44. The van der Waals surface area contributed by atoms with E-state index in [9.17, 15) is 18.0 Å². The lowest BCUT2D eigenvalue weighted by Gasteiger charge is -2.33. The molecule has 0 spiro atoms. The molecule has 2 aliphatic heterocycles. The molecule has 3 rings (SSSR count). The number of likely N-dealkylation sites (tertiary alicyclic amines) is 1. The Kier molecular flexibility index (Phi) is 2.73. The van der Waals surface area contributed by atoms with Crippen molar-refractivity contribution >= 4 is 11.9 Å². The molecule has 2 aliphatic rings. The van der Waals surface area contributed by atoms with E-state index in [1.165, 1.54) is 11.1 Å². The van der Waals surface area contributed by atoms with Gasteiger partial charge >= 0.3 is 12.3 Å². The molecule has 0 unspecified atom stereocenters. The molecule has 0 saturated carbocycles. The number of hydrogen-bond acceptors (Lipinski definition) is 4. The Morgan fingerprint density at radius 1 is 1.30 bits per heavy atom. The zero-order valence-electron chi connectivity index (χ0n) is 10.2. The molecule has 9 heteroatoms. The fourth-order valence-corrected chi connectivity index (χ4v) is 2.81. The quantitative estimate of drug-likeness (QED) is 0.846. The first kappa shape index (κ1) is 12.9. The lowest BCUT2D eigenvalue weighted by Crippen LogP contribution is -2.48. The number of nitrogens with zero attached hydrogens (tertiary/aromatic N) is 4. The number of alkyl halides is 3. The Hall–Kier alpha value is -2.06. The van der Waals surface area contributed by atoms with Crippen LogP contribution in [-0.4, -0.2) is 51.2 Å². The van der Waals surface area contributed by atoms with Gasteiger partial charge in [-0.05, 0) is 6.42 Å². The van der Waals surface area contributed by atoms with Gasteiger partial charge in [0.25, 0.3) is 0 Å². The molecule has 1 aromatic heterocycles. The van der Waals surface area contributed by atoms with E-state index in [2.05, 4.69) is 9.97 Å². The molecule has 2 atom stereocenters. The number of halogens is 3. The van der Waals surface area contributed by atoms with E-state index < -0.39 is 18.0 Å². The zero-order chi connectivity index (χ0) is 14.5. The minimum absolute atomic E-state index is 0.131. The van der Waals surface area contributed by atoms with Crippen LogP contribution in [-0.2, 0) is 6.18 Å². The summed E-state index contributed by atoms with van der Waals surface area (Å²) in [4.78, 5) is 21.1. The second-order valence-corrected chi connectivity index (χ2v) is 4.89. The molecule has 2 saturated heterocycles. The second kappa shape index (κ2) is 4.22. The van der Waals surface area contributed by atoms with Crippen LogP contribution < -0.4 is 4.90 Å². The molecule has 108 valence electrons. The van der Waals surface area contributed by atoms with E-state index in [-0.39, 0.29) is 24.4 Å². The van der Waals surface area contributed by atoms with Crippen LogP contribution in [0.25, 0.3) is 0 Å². The smallest absolute Gasteiger partial charge is 0.434 e. The lowest BCUT2D eigenvalue weighted by molar-refractivity contribution is -0.141. The Bertz CT molecular complexity index is 551. The van der Waals surface area contributed by atoms with Crippen molar-refractivity contribution in [2.24, 2.45) is 0 Å². The number of hydrogen-bond donors (Lipinski definition) is 1. The van der Waals surface area contributed by atoms with E-state index >= 15 is 0 Å². The topological polar surface area (TPSA) is 69.6 Å². The van der Waals surface area contributed by atoms with Gasteiger partial charge < -0.3 is 14.9 Å². The Labute approximate surface area is 111 Å². The van der Waals surface area contributed by atoms with Crippen molar-refractivity contribution < 1.29 is 23.1 Å². The van der Waals surface area contributed by atoms with Crippen molar-refractivity contribution in [1.82, 2.24) is 14.9 Å². The first-order chi connectivity index (χ1) is 9.36. The highest BCUT2D eigenvalue weighted by molar-refractivity contribution is 5.67. The predicted molar refractivity (Wildman–Crippen MR) is 61.3 cm³/mol. The first-order valence-corrected chi connectivity index (χ1v) is 6.01. The van der Waals surface area contributed by atoms with E-state index in [4.69, 9.17) is 5.11 Å². The van der Waals surface area contributed by atoms with Gasteiger partial charge in [-0.15, -0.1) is 0 Å². The van der Waals surface area contributed by atoms with Gasteiger partial charge in [0.05, 0.1) is 24.5 Å². The number of rotatable bonds is 1. The number of piperazine rings is 1. The summed E-state index contributed by atoms with van der Waals surface area (Å²) in [5.74, 6) is 0.150. The van der Waals surface area contributed by atoms with E-state index in [0.29, 0.717) is 19.2 Å². The first-order valence-electron chi connectivity index (χ1n) is 6.01. The number of anilines is 1. The average molecular weight is 288 g/mol. The molecular weight excluding hydrogens is 277 g/mol. The molecule has 0 radical (unpaired) electrons. The van der Waals surface area contributed by atoms with Crippen molar-refractivity contribution in [2.75, 3.05) is 18.0 Å². The maximum atomic E-state index is 12.6. The second-order valence-electron chi connectivity index (χ2n) is 4.89. The fraction of sp³-hybridized carbons (Fsp3) is 0.545. The molecule has 2 fully saturated rings. The zero-order valence-corrected chi connectivity index (χ0v) is 10.2. The standard InChI is InChI=1S/C11H11F3N4O2/c12-11(13,14)8-2-15-3-9(16-8)17-4-7-1-6(17)5-18(7)10(19)20/h2-3,6-7H,1,4-5H2,(H,19,20)/t6-,7-/m0/s1. The maximum absolute atomic E-state index is 12.6. The van der Waals surface area contributed by atoms with Crippen LogP contribution in [0.2, 0.25) is 0 Å². The summed E-state index contributed by atoms with van der Waals surface area (Å²) in [6, 6.07) is -0.317. The molecule has 0 aliphatic carbocycles. The molecule has 20 heavy (non-hydrogen) atoms. The molecule has 2 bridgehead atoms. The summed E-state index contributed by atoms with van der Waals surface area (Å²) >= 11 is 0. The molecule has 0 aromatic carbocycles. The van der Waals surface area contributed by atoms with Crippen molar-refractivity contribution in [2.45, 2.75) is 24.7 Å². The molecule has 3 heterocycles. The lowest BCUT2D eigenvalue weighted by atomic mass is 10.2. The third-order valence-corrected chi connectivity index (χ3v) is 3.69. The monoisotopic (exact) mass is 288 g/mol. The Morgan fingerprint density at radius 3 is 2.60 bits per heavy atom. The van der Waals surface area contributed by atoms with E-state index in [1.54, 1.807) is 4.90 Å². The van der Waals surface area contributed by atoms with Gasteiger partial charge in [0.2, 0.25) is 0 Å². The number of fused-ring (bicyclic) bond motifs is 2. The SMILES string of the molecule is O=C(O)N1C[C@@H]2C[C@H]1CN2c1cncc(C(F)(F)F)n1. The highest BCUT2D eigenvalue weighted by Crippen LogP contribution is 2.35. The normalized spacial score (nSPS) is 25.4. The van der Waals surface area contributed by atoms with Gasteiger partial charge in [0, 0.05) is 13.1 Å². The van der Waals surface area contributed by atoms with Crippen LogP contribution in [0.1, 0.15) is 12.1 Å². The summed E-state index contributed by atoms with van der Waals surface area (Å²) < 4.78 is 37.8. The van der Waals surface area contributed by atoms with Crippen molar-refractivity contribution in [3.8, 4) is 0 Å². The molecule has 1 amide bonds. The van der Waals surface area contributed by atoms with Crippen molar-refractivity contribution in [3.05, 3.63) is 18.1 Å². The van der Waals surface area contributed by atoms with Crippen LogP contribution >= 0.6 is 0 Å². The van der Waals surface area contributed by atoms with E-state index in [1.807, 2.05) is 0 Å². The molecule has 1 N–H and O–H groups in total. The average Bonchev–Trinajstić information content (AvgIpc) is 2.97. The summed E-state index contributed by atoms with van der Waals surface area (Å²) in [5, 5.41) is 8.97. The molecule has 1 aromatic rings. The third kappa shape index (κ3) is 2.02. The minimum atomic E-state index is -4.53.